The van der Waals surface area contributed by atoms with Gasteiger partial charge in [-0.1, -0.05) is 48.5 Å². The highest BCUT2D eigenvalue weighted by atomic mass is 16.3. The molecule has 0 aromatic heterocycles. The van der Waals surface area contributed by atoms with E-state index in [0.29, 0.717) is 12.0 Å². The second kappa shape index (κ2) is 5.06. The van der Waals surface area contributed by atoms with Gasteiger partial charge < -0.3 is 10.0 Å². The number of hydrogen-bond acceptors (Lipinski definition) is 2. The van der Waals surface area contributed by atoms with E-state index >= 15 is 0 Å². The molecule has 0 amide bonds. The van der Waals surface area contributed by atoms with Crippen LogP contribution >= 0.6 is 0 Å². The summed E-state index contributed by atoms with van der Waals surface area (Å²) in [7, 11) is 2.15. The summed E-state index contributed by atoms with van der Waals surface area (Å²) >= 11 is 0. The minimum Gasteiger partial charge on any atom is -0.396 e. The molecule has 2 aromatic rings. The highest BCUT2D eigenvalue weighted by Crippen LogP contribution is 2.49. The van der Waals surface area contributed by atoms with Crippen LogP contribution in [0.3, 0.4) is 0 Å². The SMILES string of the molecule is CN1c2ccccc2[C@H](CCO)[C@@H]1c1ccccc1. The third-order valence-corrected chi connectivity index (χ3v) is 4.10. The number of hydrogen-bond donors (Lipinski definition) is 1. The average Bonchev–Trinajstić information content (AvgIpc) is 2.74. The van der Waals surface area contributed by atoms with E-state index in [1.165, 1.54) is 16.8 Å². The smallest absolute Gasteiger partial charge is 0.0609 e. The monoisotopic (exact) mass is 253 g/mol. The average molecular weight is 253 g/mol. The molecule has 0 spiro atoms. The minimum absolute atomic E-state index is 0.232. The molecular weight excluding hydrogens is 234 g/mol. The zero-order chi connectivity index (χ0) is 13.2. The van der Waals surface area contributed by atoms with E-state index in [1.807, 2.05) is 6.07 Å². The molecule has 2 heteroatoms. The van der Waals surface area contributed by atoms with Crippen molar-refractivity contribution >= 4 is 5.69 Å². The number of para-hydroxylation sites is 1. The van der Waals surface area contributed by atoms with E-state index in [-0.39, 0.29) is 6.61 Å². The number of nitrogens with zero attached hydrogens (tertiary/aromatic N) is 1. The molecular formula is C17H19NO. The molecule has 0 radical (unpaired) electrons. The maximum absolute atomic E-state index is 9.38. The summed E-state index contributed by atoms with van der Waals surface area (Å²) < 4.78 is 0. The Morgan fingerprint density at radius 3 is 2.42 bits per heavy atom. The van der Waals surface area contributed by atoms with Gasteiger partial charge in [0, 0.05) is 25.3 Å². The van der Waals surface area contributed by atoms with E-state index in [2.05, 4.69) is 60.5 Å². The molecule has 0 aliphatic carbocycles. The van der Waals surface area contributed by atoms with Crippen LogP contribution in [0.4, 0.5) is 5.69 Å². The van der Waals surface area contributed by atoms with Crippen molar-refractivity contribution in [2.45, 2.75) is 18.4 Å². The van der Waals surface area contributed by atoms with E-state index in [9.17, 15) is 5.11 Å². The van der Waals surface area contributed by atoms with Crippen molar-refractivity contribution < 1.29 is 5.11 Å². The Hall–Kier alpha value is -1.80. The predicted molar refractivity (Wildman–Crippen MR) is 78.5 cm³/mol. The zero-order valence-corrected chi connectivity index (χ0v) is 11.2. The number of likely N-dealkylation sites (N-methyl/N-ethyl adjacent to an activating group) is 1. The first-order valence-electron chi connectivity index (χ1n) is 6.80. The van der Waals surface area contributed by atoms with Gasteiger partial charge in [-0.2, -0.15) is 0 Å². The fourth-order valence-electron chi connectivity index (χ4n) is 3.27. The standard InChI is InChI=1S/C17H19NO/c1-18-16-10-6-5-9-14(16)15(11-12-19)17(18)13-7-3-2-4-8-13/h2-10,15,17,19H,11-12H2,1H3/t15-,17-/m0/s1. The summed E-state index contributed by atoms with van der Waals surface area (Å²) in [5, 5.41) is 9.38. The summed E-state index contributed by atoms with van der Waals surface area (Å²) in [6, 6.07) is 19.4. The molecule has 1 aliphatic rings. The maximum Gasteiger partial charge on any atom is 0.0609 e. The van der Waals surface area contributed by atoms with Crippen LogP contribution in [0.15, 0.2) is 54.6 Å². The second-order valence-corrected chi connectivity index (χ2v) is 5.14. The molecule has 19 heavy (non-hydrogen) atoms. The lowest BCUT2D eigenvalue weighted by atomic mass is 9.88. The van der Waals surface area contributed by atoms with Gasteiger partial charge in [0.05, 0.1) is 6.04 Å². The highest BCUT2D eigenvalue weighted by molar-refractivity contribution is 5.62. The van der Waals surface area contributed by atoms with Crippen LogP contribution in [0.5, 0.6) is 0 Å². The van der Waals surface area contributed by atoms with Crippen LogP contribution < -0.4 is 4.90 Å². The van der Waals surface area contributed by atoms with Crippen LogP contribution in [0.1, 0.15) is 29.5 Å². The van der Waals surface area contributed by atoms with Crippen molar-refractivity contribution in [1.82, 2.24) is 0 Å². The Labute approximate surface area is 114 Å². The summed E-state index contributed by atoms with van der Waals surface area (Å²) in [5.41, 5.74) is 3.96. The molecule has 2 aromatic carbocycles. The fraction of sp³-hybridized carbons (Fsp3) is 0.294. The van der Waals surface area contributed by atoms with E-state index in [0.717, 1.165) is 6.42 Å². The Morgan fingerprint density at radius 1 is 1.00 bits per heavy atom. The van der Waals surface area contributed by atoms with Crippen molar-refractivity contribution in [2.75, 3.05) is 18.6 Å². The van der Waals surface area contributed by atoms with E-state index in [1.54, 1.807) is 0 Å². The Balaban J connectivity index is 2.05. The molecule has 0 saturated heterocycles. The summed E-state index contributed by atoms with van der Waals surface area (Å²) in [6.45, 7) is 0.232. The fourth-order valence-corrected chi connectivity index (χ4v) is 3.27. The number of anilines is 1. The summed E-state index contributed by atoms with van der Waals surface area (Å²) in [5.74, 6) is 0.369. The maximum atomic E-state index is 9.38. The molecule has 0 saturated carbocycles. The molecule has 0 fully saturated rings. The van der Waals surface area contributed by atoms with Gasteiger partial charge in [-0.25, -0.2) is 0 Å². The lowest BCUT2D eigenvalue weighted by Gasteiger charge is -2.27. The Bertz CT molecular complexity index is 552. The first-order valence-corrected chi connectivity index (χ1v) is 6.80. The molecule has 1 aliphatic heterocycles. The van der Waals surface area contributed by atoms with Crippen molar-refractivity contribution in [1.29, 1.82) is 0 Å². The number of benzene rings is 2. The van der Waals surface area contributed by atoms with E-state index < -0.39 is 0 Å². The second-order valence-electron chi connectivity index (χ2n) is 5.14. The van der Waals surface area contributed by atoms with Crippen molar-refractivity contribution in [3.8, 4) is 0 Å². The third-order valence-electron chi connectivity index (χ3n) is 4.10. The lowest BCUT2D eigenvalue weighted by Crippen LogP contribution is -2.22. The van der Waals surface area contributed by atoms with Gasteiger partial charge in [-0.15, -0.1) is 0 Å². The highest BCUT2D eigenvalue weighted by Gasteiger charge is 2.36. The van der Waals surface area contributed by atoms with Gasteiger partial charge in [-0.3, -0.25) is 0 Å². The molecule has 0 bridgehead atoms. The van der Waals surface area contributed by atoms with Gasteiger partial charge in [-0.05, 0) is 23.6 Å². The lowest BCUT2D eigenvalue weighted by molar-refractivity contribution is 0.270. The molecule has 2 nitrogen and oxygen atoms in total. The Morgan fingerprint density at radius 2 is 1.68 bits per heavy atom. The van der Waals surface area contributed by atoms with Gasteiger partial charge in [0.25, 0.3) is 0 Å². The number of rotatable bonds is 3. The normalized spacial score (nSPS) is 21.5. The first-order chi connectivity index (χ1) is 9.33. The molecule has 98 valence electrons. The molecule has 0 unspecified atom stereocenters. The minimum atomic E-state index is 0.232. The zero-order valence-electron chi connectivity index (χ0n) is 11.2. The Kier molecular flexibility index (Phi) is 3.26. The van der Waals surface area contributed by atoms with Gasteiger partial charge in [0.2, 0.25) is 0 Å². The molecule has 1 N–H and O–H groups in total. The third kappa shape index (κ3) is 2.02. The van der Waals surface area contributed by atoms with Gasteiger partial charge in [0.1, 0.15) is 0 Å². The number of fused-ring (bicyclic) bond motifs is 1. The molecule has 2 atom stereocenters. The number of aliphatic hydroxyl groups excluding tert-OH is 1. The predicted octanol–water partition coefficient (Wildman–Crippen LogP) is 3.34. The quantitative estimate of drug-likeness (QED) is 0.906. The largest absolute Gasteiger partial charge is 0.396 e. The van der Waals surface area contributed by atoms with Crippen LogP contribution in [0.2, 0.25) is 0 Å². The van der Waals surface area contributed by atoms with Crippen molar-refractivity contribution in [2.24, 2.45) is 0 Å². The summed E-state index contributed by atoms with van der Waals surface area (Å²) in [6.07, 6.45) is 0.806. The van der Waals surface area contributed by atoms with Gasteiger partial charge in [0.15, 0.2) is 0 Å². The van der Waals surface area contributed by atoms with Crippen LogP contribution in [-0.4, -0.2) is 18.8 Å². The van der Waals surface area contributed by atoms with Crippen LogP contribution in [0, 0.1) is 0 Å². The first kappa shape index (κ1) is 12.2. The van der Waals surface area contributed by atoms with Crippen LogP contribution in [-0.2, 0) is 0 Å². The van der Waals surface area contributed by atoms with Gasteiger partial charge >= 0.3 is 0 Å². The van der Waals surface area contributed by atoms with E-state index in [4.69, 9.17) is 0 Å². The summed E-state index contributed by atoms with van der Waals surface area (Å²) in [4.78, 5) is 2.34. The van der Waals surface area contributed by atoms with Crippen molar-refractivity contribution in [3.05, 3.63) is 65.7 Å². The van der Waals surface area contributed by atoms with Crippen LogP contribution in [0.25, 0.3) is 0 Å². The molecule has 3 rings (SSSR count). The van der Waals surface area contributed by atoms with Crippen molar-refractivity contribution in [3.63, 3.8) is 0 Å². The number of aliphatic hydroxyl groups is 1. The molecule has 1 heterocycles. The topological polar surface area (TPSA) is 23.5 Å².